The molecule has 1 atom stereocenters. The van der Waals surface area contributed by atoms with Gasteiger partial charge in [0.15, 0.2) is 0 Å². The standard InChI is InChI=1S/C27H26O2/c1-3-8-20(14-13-19(2)28)27(21-15-17-22(29)18-16-21)25-11-6-4-9-23(25)24-10-5-7-12-26(24)27/h4-19,28-29H,3H2,1-2H3/b14-13-,20-8+. The Bertz CT molecular complexity index is 1030. The summed E-state index contributed by atoms with van der Waals surface area (Å²) in [6.45, 7) is 3.90. The summed E-state index contributed by atoms with van der Waals surface area (Å²) in [4.78, 5) is 0. The van der Waals surface area contributed by atoms with Gasteiger partial charge < -0.3 is 10.2 Å². The maximum atomic E-state index is 9.95. The van der Waals surface area contributed by atoms with Gasteiger partial charge in [-0.25, -0.2) is 0 Å². The largest absolute Gasteiger partial charge is 0.508 e. The van der Waals surface area contributed by atoms with E-state index in [2.05, 4.69) is 67.6 Å². The third kappa shape index (κ3) is 3.10. The summed E-state index contributed by atoms with van der Waals surface area (Å²) in [5.41, 5.74) is 6.63. The number of hydrogen-bond acceptors (Lipinski definition) is 2. The first-order valence-corrected chi connectivity index (χ1v) is 10.1. The van der Waals surface area contributed by atoms with Crippen molar-refractivity contribution in [2.24, 2.45) is 0 Å². The molecule has 0 fully saturated rings. The van der Waals surface area contributed by atoms with Crippen LogP contribution in [0.2, 0.25) is 0 Å². The van der Waals surface area contributed by atoms with E-state index in [1.54, 1.807) is 19.1 Å². The van der Waals surface area contributed by atoms with Crippen molar-refractivity contribution < 1.29 is 10.2 Å². The van der Waals surface area contributed by atoms with Gasteiger partial charge in [0, 0.05) is 0 Å². The number of hydrogen-bond donors (Lipinski definition) is 2. The monoisotopic (exact) mass is 382 g/mol. The van der Waals surface area contributed by atoms with Gasteiger partial charge in [0.1, 0.15) is 5.75 Å². The minimum atomic E-state index is -0.529. The fourth-order valence-corrected chi connectivity index (χ4v) is 4.54. The number of phenols is 1. The Kier molecular flexibility index (Phi) is 5.12. The Morgan fingerprint density at radius 3 is 1.97 bits per heavy atom. The van der Waals surface area contributed by atoms with Crippen molar-refractivity contribution in [1.29, 1.82) is 0 Å². The number of aliphatic hydroxyl groups is 1. The lowest BCUT2D eigenvalue weighted by Crippen LogP contribution is -2.29. The first-order valence-electron chi connectivity index (χ1n) is 10.1. The predicted molar refractivity (Wildman–Crippen MR) is 119 cm³/mol. The third-order valence-electron chi connectivity index (χ3n) is 5.66. The molecule has 0 spiro atoms. The van der Waals surface area contributed by atoms with E-state index in [4.69, 9.17) is 0 Å². The van der Waals surface area contributed by atoms with E-state index < -0.39 is 11.5 Å². The van der Waals surface area contributed by atoms with E-state index in [1.807, 2.05) is 18.2 Å². The molecule has 2 N–H and O–H groups in total. The van der Waals surface area contributed by atoms with E-state index in [9.17, 15) is 10.2 Å². The van der Waals surface area contributed by atoms with Crippen LogP contribution in [0, 0.1) is 0 Å². The number of phenolic OH excluding ortho intramolecular Hbond substituents is 1. The molecule has 29 heavy (non-hydrogen) atoms. The highest BCUT2D eigenvalue weighted by Crippen LogP contribution is 2.56. The first kappa shape index (κ1) is 19.2. The minimum Gasteiger partial charge on any atom is -0.508 e. The van der Waals surface area contributed by atoms with E-state index >= 15 is 0 Å². The van der Waals surface area contributed by atoms with Crippen LogP contribution >= 0.6 is 0 Å². The topological polar surface area (TPSA) is 40.5 Å². The maximum Gasteiger partial charge on any atom is 0.115 e. The highest BCUT2D eigenvalue weighted by molar-refractivity contribution is 5.86. The number of fused-ring (bicyclic) bond motifs is 3. The molecular weight excluding hydrogens is 356 g/mol. The average molecular weight is 383 g/mol. The molecule has 3 aromatic carbocycles. The van der Waals surface area contributed by atoms with Crippen LogP contribution in [0.25, 0.3) is 11.1 Å². The van der Waals surface area contributed by atoms with Crippen molar-refractivity contribution in [2.45, 2.75) is 31.8 Å². The highest BCUT2D eigenvalue weighted by atomic mass is 16.3. The lowest BCUT2D eigenvalue weighted by atomic mass is 9.66. The molecule has 0 saturated heterocycles. The summed E-state index contributed by atoms with van der Waals surface area (Å²) in [5.74, 6) is 0.254. The third-order valence-corrected chi connectivity index (χ3v) is 5.66. The number of rotatable bonds is 5. The van der Waals surface area contributed by atoms with Gasteiger partial charge in [-0.3, -0.25) is 0 Å². The Balaban J connectivity index is 2.12. The van der Waals surface area contributed by atoms with Crippen LogP contribution in [0.4, 0.5) is 0 Å². The van der Waals surface area contributed by atoms with E-state index in [1.165, 1.54) is 22.3 Å². The summed E-state index contributed by atoms with van der Waals surface area (Å²) in [7, 11) is 0. The van der Waals surface area contributed by atoms with E-state index in [0.29, 0.717) is 0 Å². The van der Waals surface area contributed by atoms with Crippen LogP contribution in [0.15, 0.2) is 96.6 Å². The van der Waals surface area contributed by atoms with Crippen LogP contribution in [0.1, 0.15) is 37.0 Å². The molecule has 0 heterocycles. The second-order valence-electron chi connectivity index (χ2n) is 7.56. The van der Waals surface area contributed by atoms with Gasteiger partial charge in [-0.05, 0) is 58.9 Å². The lowest BCUT2D eigenvalue weighted by molar-refractivity contribution is 0.244. The molecule has 0 aliphatic heterocycles. The number of aromatic hydroxyl groups is 1. The minimum absolute atomic E-state index is 0.254. The van der Waals surface area contributed by atoms with Gasteiger partial charge in [0.25, 0.3) is 0 Å². The molecule has 1 unspecified atom stereocenters. The summed E-state index contributed by atoms with van der Waals surface area (Å²) in [6.07, 6.45) is 6.49. The second kappa shape index (κ2) is 7.73. The predicted octanol–water partition coefficient (Wildman–Crippen LogP) is 5.98. The Morgan fingerprint density at radius 1 is 0.897 bits per heavy atom. The zero-order valence-corrected chi connectivity index (χ0v) is 16.8. The lowest BCUT2D eigenvalue weighted by Gasteiger charge is -2.35. The van der Waals surface area contributed by atoms with Crippen molar-refractivity contribution in [2.75, 3.05) is 0 Å². The molecule has 0 radical (unpaired) electrons. The molecule has 2 heteroatoms. The highest BCUT2D eigenvalue weighted by Gasteiger charge is 2.46. The Labute approximate surface area is 172 Å². The van der Waals surface area contributed by atoms with Crippen molar-refractivity contribution in [3.8, 4) is 16.9 Å². The molecule has 4 rings (SSSR count). The van der Waals surface area contributed by atoms with Gasteiger partial charge in [0.05, 0.1) is 11.5 Å². The smallest absolute Gasteiger partial charge is 0.115 e. The molecule has 0 saturated carbocycles. The molecule has 1 aliphatic carbocycles. The summed E-state index contributed by atoms with van der Waals surface area (Å²) in [5, 5.41) is 19.9. The molecular formula is C27H26O2. The first-order chi connectivity index (χ1) is 14.1. The Morgan fingerprint density at radius 2 is 1.45 bits per heavy atom. The fourth-order valence-electron chi connectivity index (χ4n) is 4.54. The SMILES string of the molecule is CC/C=C(\C=C/C(C)O)C1(c2ccc(O)cc2)c2ccccc2-c2ccccc21. The number of benzene rings is 3. The molecule has 0 amide bonds. The van der Waals surface area contributed by atoms with Crippen molar-refractivity contribution in [1.82, 2.24) is 0 Å². The molecule has 3 aromatic rings. The van der Waals surface area contributed by atoms with Gasteiger partial charge in [-0.1, -0.05) is 85.8 Å². The van der Waals surface area contributed by atoms with Gasteiger partial charge >= 0.3 is 0 Å². The summed E-state index contributed by atoms with van der Waals surface area (Å²) in [6, 6.07) is 24.6. The van der Waals surface area contributed by atoms with Crippen molar-refractivity contribution in [3.05, 3.63) is 113 Å². The van der Waals surface area contributed by atoms with Gasteiger partial charge in [0.2, 0.25) is 0 Å². The van der Waals surface area contributed by atoms with Crippen LogP contribution in [-0.4, -0.2) is 16.3 Å². The average Bonchev–Trinajstić information content (AvgIpc) is 3.03. The zero-order chi connectivity index (χ0) is 20.4. The molecule has 1 aliphatic rings. The summed E-state index contributed by atoms with van der Waals surface area (Å²) >= 11 is 0. The van der Waals surface area contributed by atoms with E-state index in [-0.39, 0.29) is 5.75 Å². The maximum absolute atomic E-state index is 9.95. The number of allylic oxidation sites excluding steroid dienone is 3. The molecule has 2 nitrogen and oxygen atoms in total. The zero-order valence-electron chi connectivity index (χ0n) is 16.8. The van der Waals surface area contributed by atoms with Crippen molar-refractivity contribution in [3.63, 3.8) is 0 Å². The van der Waals surface area contributed by atoms with E-state index in [0.717, 1.165) is 17.6 Å². The van der Waals surface area contributed by atoms with Gasteiger partial charge in [-0.15, -0.1) is 0 Å². The quantitative estimate of drug-likeness (QED) is 0.533. The normalized spacial score (nSPS) is 15.9. The van der Waals surface area contributed by atoms with Crippen LogP contribution in [0.3, 0.4) is 0 Å². The van der Waals surface area contributed by atoms with Gasteiger partial charge in [-0.2, -0.15) is 0 Å². The molecule has 0 bridgehead atoms. The Hall–Kier alpha value is -3.10. The van der Waals surface area contributed by atoms with Crippen molar-refractivity contribution >= 4 is 0 Å². The fraction of sp³-hybridized carbons (Fsp3) is 0.185. The summed E-state index contributed by atoms with van der Waals surface area (Å²) < 4.78 is 0. The van der Waals surface area contributed by atoms with Crippen LogP contribution in [-0.2, 0) is 5.41 Å². The second-order valence-corrected chi connectivity index (χ2v) is 7.56. The molecule has 0 aromatic heterocycles. The number of aliphatic hydroxyl groups excluding tert-OH is 1. The molecule has 146 valence electrons. The van der Waals surface area contributed by atoms with Crippen LogP contribution < -0.4 is 0 Å². The van der Waals surface area contributed by atoms with Crippen LogP contribution in [0.5, 0.6) is 5.75 Å².